The van der Waals surface area contributed by atoms with Gasteiger partial charge in [0.1, 0.15) is 23.0 Å². The van der Waals surface area contributed by atoms with E-state index in [1.54, 1.807) is 78.9 Å². The first-order chi connectivity index (χ1) is 40.9. The molecular formula is C64H56O16S7. The molecule has 0 atom stereocenters. The topological polar surface area (TPSA) is 257 Å². The van der Waals surface area contributed by atoms with Gasteiger partial charge in [0.25, 0.3) is 0 Å². The summed E-state index contributed by atoms with van der Waals surface area (Å²) in [5.41, 5.74) is 2.11. The third kappa shape index (κ3) is 18.2. The smallest absolute Gasteiger partial charge is 0.206 e. The Morgan fingerprint density at radius 1 is 0.184 bits per heavy atom. The highest BCUT2D eigenvalue weighted by Gasteiger charge is 2.21. The van der Waals surface area contributed by atoms with E-state index >= 15 is 0 Å². The zero-order valence-corrected chi connectivity index (χ0v) is 52.5. The molecule has 0 saturated carbocycles. The van der Waals surface area contributed by atoms with Crippen LogP contribution in [0.2, 0.25) is 0 Å². The van der Waals surface area contributed by atoms with Crippen LogP contribution in [0.4, 0.5) is 0 Å². The fourth-order valence-electron chi connectivity index (χ4n) is 7.75. The summed E-state index contributed by atoms with van der Waals surface area (Å²) in [7, 11) is -23.8. The van der Waals surface area contributed by atoms with Crippen LogP contribution in [0.3, 0.4) is 0 Å². The standard InChI is InChI=1S/C31H24O8S3.C13H12O4S2.C13H12O2S.C7H8O2S/c1-40(32,33)27-15-7-23(8-16-27)38-24-11-19-30(20-12-24)42(36,37)31-21-13-26(14-22-31)39-25-9-17-29(18-10-25)41(34,35)28-5-3-2-4-6-28;1-18(14,15)11-7-9-13(10-8-11)19(16,17)12-5-3-2-4-6-12;1-16(14,15)13-9-7-12(8-10-13)11-5-3-2-4-6-11;1-10(8,9)7-5-3-2-4-6-7/h2-22H,1H3;2-10H,1H3;2-10H,1H3;2-6H,1H3. The van der Waals surface area contributed by atoms with Crippen molar-refractivity contribution in [2.24, 2.45) is 0 Å². The van der Waals surface area contributed by atoms with Gasteiger partial charge in [-0.1, -0.05) is 97.1 Å². The summed E-state index contributed by atoms with van der Waals surface area (Å²) in [6.07, 6.45) is 4.60. The molecule has 0 aliphatic rings. The minimum atomic E-state index is -3.83. The zero-order valence-electron chi connectivity index (χ0n) is 46.8. The van der Waals surface area contributed by atoms with Crippen molar-refractivity contribution in [1.29, 1.82) is 0 Å². The van der Waals surface area contributed by atoms with E-state index in [0.717, 1.165) is 23.6 Å². The number of hydrogen-bond acceptors (Lipinski definition) is 16. The molecule has 10 rings (SSSR count). The molecule has 0 aromatic heterocycles. The second-order valence-corrected chi connectivity index (χ2v) is 32.9. The van der Waals surface area contributed by atoms with Crippen LogP contribution in [0.25, 0.3) is 11.1 Å². The van der Waals surface area contributed by atoms with Crippen molar-refractivity contribution < 1.29 is 68.4 Å². The molecule has 0 spiro atoms. The number of rotatable bonds is 15. The average molecular weight is 1310 g/mol. The number of benzene rings is 10. The molecule has 87 heavy (non-hydrogen) atoms. The Bertz CT molecular complexity index is 4780. The maximum Gasteiger partial charge on any atom is 0.206 e. The van der Waals surface area contributed by atoms with Gasteiger partial charge in [-0.25, -0.2) is 58.9 Å². The number of sulfone groups is 7. The van der Waals surface area contributed by atoms with Gasteiger partial charge in [-0.15, -0.1) is 0 Å². The Hall–Kier alpha value is -8.55. The molecule has 0 fully saturated rings. The Morgan fingerprint density at radius 2 is 0.345 bits per heavy atom. The minimum absolute atomic E-state index is 0.0594. The van der Waals surface area contributed by atoms with Crippen molar-refractivity contribution in [2.45, 2.75) is 49.0 Å². The highest BCUT2D eigenvalue weighted by molar-refractivity contribution is 7.92. The van der Waals surface area contributed by atoms with Gasteiger partial charge in [0, 0.05) is 25.0 Å². The van der Waals surface area contributed by atoms with E-state index in [1.165, 1.54) is 158 Å². The van der Waals surface area contributed by atoms with Gasteiger partial charge in [-0.3, -0.25) is 0 Å². The summed E-state index contributed by atoms with van der Waals surface area (Å²) < 4.78 is 178. The lowest BCUT2D eigenvalue weighted by atomic mass is 10.1. The molecule has 0 radical (unpaired) electrons. The average Bonchev–Trinajstić information content (AvgIpc) is 3.08. The predicted octanol–water partition coefficient (Wildman–Crippen LogP) is 12.1. The first-order valence-corrected chi connectivity index (χ1v) is 37.7. The van der Waals surface area contributed by atoms with Gasteiger partial charge in [0.15, 0.2) is 39.3 Å². The van der Waals surface area contributed by atoms with Crippen LogP contribution in [0.15, 0.2) is 316 Å². The molecule has 450 valence electrons. The van der Waals surface area contributed by atoms with Crippen molar-refractivity contribution in [2.75, 3.05) is 25.0 Å². The van der Waals surface area contributed by atoms with Crippen molar-refractivity contribution in [3.8, 4) is 34.1 Å². The predicted molar refractivity (Wildman–Crippen MR) is 332 cm³/mol. The maximum atomic E-state index is 13.2. The number of ether oxygens (including phenoxy) is 2. The summed E-state index contributed by atoms with van der Waals surface area (Å²) in [5.74, 6) is 1.55. The van der Waals surface area contributed by atoms with Crippen LogP contribution in [-0.4, -0.2) is 83.9 Å². The Balaban J connectivity index is 0.000000196. The second kappa shape index (κ2) is 27.9. The van der Waals surface area contributed by atoms with Crippen LogP contribution in [0, 0.1) is 0 Å². The van der Waals surface area contributed by atoms with Crippen LogP contribution in [0.1, 0.15) is 0 Å². The lowest BCUT2D eigenvalue weighted by molar-refractivity contribution is 0.481. The molecule has 10 aromatic rings. The Morgan fingerprint density at radius 3 is 0.586 bits per heavy atom. The third-order valence-electron chi connectivity index (χ3n) is 12.4. The van der Waals surface area contributed by atoms with Gasteiger partial charge >= 0.3 is 0 Å². The lowest BCUT2D eigenvalue weighted by Crippen LogP contribution is -2.03. The largest absolute Gasteiger partial charge is 0.457 e. The molecule has 10 aromatic carbocycles. The van der Waals surface area contributed by atoms with E-state index in [4.69, 9.17) is 9.47 Å². The quantitative estimate of drug-likeness (QED) is 0.0924. The van der Waals surface area contributed by atoms with Crippen LogP contribution < -0.4 is 9.47 Å². The fraction of sp³-hybridized carbons (Fsp3) is 0.0625. The van der Waals surface area contributed by atoms with Gasteiger partial charge in [0.05, 0.1) is 49.0 Å². The molecular weight excluding hydrogens is 1250 g/mol. The van der Waals surface area contributed by atoms with Gasteiger partial charge in [0.2, 0.25) is 29.5 Å². The zero-order chi connectivity index (χ0) is 63.3. The summed E-state index contributed by atoms with van der Waals surface area (Å²) >= 11 is 0. The molecule has 16 nitrogen and oxygen atoms in total. The van der Waals surface area contributed by atoms with Crippen molar-refractivity contribution in [3.05, 3.63) is 267 Å². The molecule has 0 aliphatic heterocycles. The van der Waals surface area contributed by atoms with E-state index in [-0.39, 0.29) is 39.2 Å². The first kappa shape index (κ1) is 66.0. The molecule has 0 N–H and O–H groups in total. The van der Waals surface area contributed by atoms with Crippen molar-refractivity contribution in [1.82, 2.24) is 0 Å². The van der Waals surface area contributed by atoms with Crippen LogP contribution in [0.5, 0.6) is 23.0 Å². The van der Waals surface area contributed by atoms with Crippen LogP contribution in [-0.2, 0) is 68.9 Å². The Labute approximate surface area is 508 Å². The molecule has 0 amide bonds. The van der Waals surface area contributed by atoms with E-state index in [1.807, 2.05) is 42.5 Å². The molecule has 0 aliphatic carbocycles. The second-order valence-electron chi connectivity index (χ2n) is 19.0. The van der Waals surface area contributed by atoms with E-state index in [9.17, 15) is 58.9 Å². The monoisotopic (exact) mass is 1300 g/mol. The van der Waals surface area contributed by atoms with E-state index < -0.39 is 68.9 Å². The first-order valence-electron chi connectivity index (χ1n) is 25.6. The van der Waals surface area contributed by atoms with Gasteiger partial charge < -0.3 is 9.47 Å². The third-order valence-corrected chi connectivity index (χ3v) is 22.2. The summed E-state index contributed by atoms with van der Waals surface area (Å²) in [6, 6.07) is 70.1. The molecule has 23 heteroatoms. The van der Waals surface area contributed by atoms with Gasteiger partial charge in [-0.2, -0.15) is 0 Å². The fourth-order valence-corrected chi connectivity index (χ4v) is 14.1. The SMILES string of the molecule is CS(=O)(=O)c1ccc(-c2ccccc2)cc1.CS(=O)(=O)c1ccc(Oc2ccc(S(=O)(=O)c3ccc(Oc4ccc(S(=O)(=O)c5ccccc5)cc4)cc3)cc2)cc1.CS(=O)(=O)c1ccc(S(=O)(=O)c2ccccc2)cc1.CS(=O)(=O)c1ccccc1. The summed E-state index contributed by atoms with van der Waals surface area (Å²) in [5, 5.41) is 0. The summed E-state index contributed by atoms with van der Waals surface area (Å²) in [6.45, 7) is 0. The van der Waals surface area contributed by atoms with Gasteiger partial charge in [-0.05, 0) is 181 Å². The minimum Gasteiger partial charge on any atom is -0.457 e. The summed E-state index contributed by atoms with van der Waals surface area (Å²) in [4.78, 5) is 1.69. The highest BCUT2D eigenvalue weighted by atomic mass is 32.2. The van der Waals surface area contributed by atoms with Crippen molar-refractivity contribution >= 4 is 68.9 Å². The highest BCUT2D eigenvalue weighted by Crippen LogP contribution is 2.31. The lowest BCUT2D eigenvalue weighted by Gasteiger charge is -2.10. The van der Waals surface area contributed by atoms with Crippen LogP contribution >= 0.6 is 0 Å². The Kier molecular flexibility index (Phi) is 21.1. The maximum absolute atomic E-state index is 13.2. The number of hydrogen-bond donors (Lipinski definition) is 0. The molecule has 0 saturated heterocycles. The van der Waals surface area contributed by atoms with Crippen molar-refractivity contribution in [3.63, 3.8) is 0 Å². The van der Waals surface area contributed by atoms with E-state index in [0.29, 0.717) is 32.8 Å². The normalized spacial score (nSPS) is 11.9. The molecule has 0 bridgehead atoms. The van der Waals surface area contributed by atoms with E-state index in [2.05, 4.69) is 0 Å². The molecule has 0 unspecified atom stereocenters. The molecule has 0 heterocycles.